The first-order valence-electron chi connectivity index (χ1n) is 7.22. The predicted molar refractivity (Wildman–Crippen MR) is 87.1 cm³/mol. The third kappa shape index (κ3) is 3.54. The molecule has 0 radical (unpaired) electrons. The fraction of sp³-hybridized carbons (Fsp3) is 0.438. The van der Waals surface area contributed by atoms with Crippen molar-refractivity contribution in [2.24, 2.45) is 5.92 Å². The quantitative estimate of drug-likeness (QED) is 0.924. The molecule has 2 aromatic heterocycles. The molecular formula is C16H19NO2S2. The van der Waals surface area contributed by atoms with Crippen LogP contribution in [-0.2, 0) is 4.74 Å². The largest absolute Gasteiger partial charge is 0.381 e. The summed E-state index contributed by atoms with van der Waals surface area (Å²) < 4.78 is 5.45. The second-order valence-electron chi connectivity index (χ2n) is 5.33. The molecular weight excluding hydrogens is 302 g/mol. The number of hydrogen-bond donors (Lipinski definition) is 1. The molecule has 3 heterocycles. The third-order valence-electron chi connectivity index (χ3n) is 3.84. The van der Waals surface area contributed by atoms with Crippen molar-refractivity contribution in [3.8, 4) is 0 Å². The number of amides is 1. The zero-order valence-corrected chi connectivity index (χ0v) is 13.6. The van der Waals surface area contributed by atoms with Crippen molar-refractivity contribution in [3.63, 3.8) is 0 Å². The summed E-state index contributed by atoms with van der Waals surface area (Å²) in [5, 5.41) is 5.32. The van der Waals surface area contributed by atoms with Crippen LogP contribution in [0.3, 0.4) is 0 Å². The highest BCUT2D eigenvalue weighted by atomic mass is 32.1. The molecule has 1 atom stereocenters. The van der Waals surface area contributed by atoms with Gasteiger partial charge in [-0.15, -0.1) is 22.7 Å². The molecule has 3 rings (SSSR count). The van der Waals surface area contributed by atoms with Crippen LogP contribution < -0.4 is 5.32 Å². The molecule has 0 aromatic carbocycles. The highest BCUT2D eigenvalue weighted by molar-refractivity contribution is 7.14. The van der Waals surface area contributed by atoms with E-state index in [4.69, 9.17) is 4.74 Å². The molecule has 1 saturated heterocycles. The van der Waals surface area contributed by atoms with Crippen LogP contribution in [0.2, 0.25) is 0 Å². The van der Waals surface area contributed by atoms with Crippen molar-refractivity contribution in [2.45, 2.75) is 25.8 Å². The molecule has 0 bridgehead atoms. The number of carbonyl (C=O) groups is 1. The smallest absolute Gasteiger partial charge is 0.261 e. The summed E-state index contributed by atoms with van der Waals surface area (Å²) in [7, 11) is 0. The average Bonchev–Trinajstić information content (AvgIpc) is 3.17. The molecule has 21 heavy (non-hydrogen) atoms. The Hall–Kier alpha value is -1.17. The first-order chi connectivity index (χ1) is 10.2. The van der Waals surface area contributed by atoms with Gasteiger partial charge in [-0.1, -0.05) is 6.07 Å². The van der Waals surface area contributed by atoms with E-state index < -0.39 is 0 Å². The van der Waals surface area contributed by atoms with E-state index in [0.29, 0.717) is 5.92 Å². The summed E-state index contributed by atoms with van der Waals surface area (Å²) >= 11 is 3.26. The van der Waals surface area contributed by atoms with Gasteiger partial charge in [0.05, 0.1) is 10.9 Å². The summed E-state index contributed by atoms with van der Waals surface area (Å²) in [5.41, 5.74) is 0. The number of ether oxygens (including phenoxy) is 1. The van der Waals surface area contributed by atoms with Gasteiger partial charge in [0.15, 0.2) is 0 Å². The Kier molecular flexibility index (Phi) is 4.73. The van der Waals surface area contributed by atoms with Gasteiger partial charge in [-0.2, -0.15) is 0 Å². The SMILES string of the molecule is Cc1ccc(C(=O)NC(c2cccs2)C2CCOCC2)s1. The second kappa shape index (κ2) is 6.73. The minimum atomic E-state index is 0.0398. The van der Waals surface area contributed by atoms with Crippen LogP contribution in [0, 0.1) is 12.8 Å². The van der Waals surface area contributed by atoms with E-state index in [1.54, 1.807) is 22.7 Å². The Morgan fingerprint density at radius 3 is 2.76 bits per heavy atom. The fourth-order valence-corrected chi connectivity index (χ4v) is 4.35. The Bertz CT molecular complexity index is 585. The van der Waals surface area contributed by atoms with Crippen molar-refractivity contribution in [2.75, 3.05) is 13.2 Å². The van der Waals surface area contributed by atoms with E-state index in [0.717, 1.165) is 30.9 Å². The molecule has 1 amide bonds. The van der Waals surface area contributed by atoms with Crippen molar-refractivity contribution in [1.29, 1.82) is 0 Å². The van der Waals surface area contributed by atoms with Gasteiger partial charge in [-0.05, 0) is 49.3 Å². The molecule has 1 aliphatic heterocycles. The molecule has 0 aliphatic carbocycles. The lowest BCUT2D eigenvalue weighted by Crippen LogP contribution is -2.35. The Morgan fingerprint density at radius 2 is 2.14 bits per heavy atom. The van der Waals surface area contributed by atoms with Gasteiger partial charge in [0.1, 0.15) is 0 Å². The summed E-state index contributed by atoms with van der Waals surface area (Å²) in [6.45, 7) is 3.61. The van der Waals surface area contributed by atoms with Crippen LogP contribution >= 0.6 is 22.7 Å². The first kappa shape index (κ1) is 14.8. The van der Waals surface area contributed by atoms with E-state index in [-0.39, 0.29) is 11.9 Å². The van der Waals surface area contributed by atoms with E-state index in [9.17, 15) is 4.79 Å². The van der Waals surface area contributed by atoms with Crippen LogP contribution in [0.25, 0.3) is 0 Å². The normalized spacial score (nSPS) is 17.6. The zero-order chi connectivity index (χ0) is 14.7. The third-order valence-corrected chi connectivity index (χ3v) is 5.79. The number of nitrogens with one attached hydrogen (secondary N) is 1. The predicted octanol–water partition coefficient (Wildman–Crippen LogP) is 4.02. The zero-order valence-electron chi connectivity index (χ0n) is 12.0. The molecule has 5 heteroatoms. The van der Waals surface area contributed by atoms with E-state index in [2.05, 4.69) is 16.8 Å². The van der Waals surface area contributed by atoms with E-state index in [1.165, 1.54) is 9.75 Å². The molecule has 1 unspecified atom stereocenters. The lowest BCUT2D eigenvalue weighted by atomic mass is 9.90. The number of rotatable bonds is 4. The molecule has 3 nitrogen and oxygen atoms in total. The van der Waals surface area contributed by atoms with Gasteiger partial charge in [-0.3, -0.25) is 4.79 Å². The van der Waals surface area contributed by atoms with Gasteiger partial charge in [0, 0.05) is 23.0 Å². The molecule has 112 valence electrons. The number of aryl methyl sites for hydroxylation is 1. The van der Waals surface area contributed by atoms with Gasteiger partial charge in [0.2, 0.25) is 0 Å². The molecule has 0 saturated carbocycles. The standard InChI is InChI=1S/C16H19NO2S2/c1-11-4-5-14(21-11)16(18)17-15(13-3-2-10-20-13)12-6-8-19-9-7-12/h2-5,10,12,15H,6-9H2,1H3,(H,17,18). The van der Waals surface area contributed by atoms with E-state index in [1.807, 2.05) is 25.1 Å². The summed E-state index contributed by atoms with van der Waals surface area (Å²) in [6.07, 6.45) is 2.01. The van der Waals surface area contributed by atoms with Gasteiger partial charge in [-0.25, -0.2) is 0 Å². The molecule has 1 N–H and O–H groups in total. The van der Waals surface area contributed by atoms with E-state index >= 15 is 0 Å². The maximum Gasteiger partial charge on any atom is 0.261 e. The van der Waals surface area contributed by atoms with Crippen LogP contribution in [0.15, 0.2) is 29.6 Å². The summed E-state index contributed by atoms with van der Waals surface area (Å²) in [4.78, 5) is 15.7. The minimum Gasteiger partial charge on any atom is -0.381 e. The number of carbonyl (C=O) groups excluding carboxylic acids is 1. The minimum absolute atomic E-state index is 0.0398. The number of hydrogen-bond acceptors (Lipinski definition) is 4. The second-order valence-corrected chi connectivity index (χ2v) is 7.59. The summed E-state index contributed by atoms with van der Waals surface area (Å²) in [5.74, 6) is 0.500. The van der Waals surface area contributed by atoms with Crippen LogP contribution in [0.5, 0.6) is 0 Å². The number of thiophene rings is 2. The fourth-order valence-electron chi connectivity index (χ4n) is 2.71. The maximum absolute atomic E-state index is 12.5. The molecule has 1 aliphatic rings. The highest BCUT2D eigenvalue weighted by Crippen LogP contribution is 2.33. The van der Waals surface area contributed by atoms with Crippen molar-refractivity contribution in [1.82, 2.24) is 5.32 Å². The lowest BCUT2D eigenvalue weighted by Gasteiger charge is -2.30. The lowest BCUT2D eigenvalue weighted by molar-refractivity contribution is 0.0519. The first-order valence-corrected chi connectivity index (χ1v) is 8.92. The van der Waals surface area contributed by atoms with Crippen LogP contribution in [0.4, 0.5) is 0 Å². The maximum atomic E-state index is 12.5. The molecule has 1 fully saturated rings. The molecule has 0 spiro atoms. The van der Waals surface area contributed by atoms with Crippen molar-refractivity contribution < 1.29 is 9.53 Å². The highest BCUT2D eigenvalue weighted by Gasteiger charge is 2.28. The average molecular weight is 321 g/mol. The van der Waals surface area contributed by atoms with Gasteiger partial charge in [0.25, 0.3) is 5.91 Å². The molecule has 2 aromatic rings. The Balaban J connectivity index is 1.77. The van der Waals surface area contributed by atoms with Gasteiger partial charge >= 0.3 is 0 Å². The topological polar surface area (TPSA) is 38.3 Å². The van der Waals surface area contributed by atoms with Crippen LogP contribution in [-0.4, -0.2) is 19.1 Å². The van der Waals surface area contributed by atoms with Crippen molar-refractivity contribution >= 4 is 28.6 Å². The monoisotopic (exact) mass is 321 g/mol. The van der Waals surface area contributed by atoms with Crippen molar-refractivity contribution in [3.05, 3.63) is 44.3 Å². The summed E-state index contributed by atoms with van der Waals surface area (Å²) in [6, 6.07) is 8.17. The van der Waals surface area contributed by atoms with Crippen LogP contribution in [0.1, 0.15) is 38.3 Å². The Morgan fingerprint density at radius 1 is 1.33 bits per heavy atom. The Labute approximate surface area is 133 Å². The van der Waals surface area contributed by atoms with Gasteiger partial charge < -0.3 is 10.1 Å².